The zero-order valence-corrected chi connectivity index (χ0v) is 11.3. The first kappa shape index (κ1) is 13.3. The number of H-pyrrole nitrogens is 1. The second-order valence-electron chi connectivity index (χ2n) is 4.04. The SMILES string of the molecule is Cc1[nH]c(C(=O)O)c(C)c1C(=O)NCc1nccs1. The van der Waals surface area contributed by atoms with Crippen molar-refractivity contribution in [1.82, 2.24) is 15.3 Å². The lowest BCUT2D eigenvalue weighted by Gasteiger charge is -2.04. The number of carboxylic acid groups (broad SMARTS) is 1. The van der Waals surface area contributed by atoms with Gasteiger partial charge < -0.3 is 15.4 Å². The van der Waals surface area contributed by atoms with Crippen LogP contribution < -0.4 is 5.32 Å². The fraction of sp³-hybridized carbons (Fsp3) is 0.250. The lowest BCUT2D eigenvalue weighted by molar-refractivity contribution is 0.0690. The van der Waals surface area contributed by atoms with Gasteiger partial charge in [0.05, 0.1) is 12.1 Å². The van der Waals surface area contributed by atoms with Gasteiger partial charge in [0.25, 0.3) is 5.91 Å². The normalized spacial score (nSPS) is 10.4. The molecule has 0 aliphatic heterocycles. The summed E-state index contributed by atoms with van der Waals surface area (Å²) in [6.07, 6.45) is 1.67. The van der Waals surface area contributed by atoms with Gasteiger partial charge in [-0.25, -0.2) is 9.78 Å². The number of carbonyl (C=O) groups excluding carboxylic acids is 1. The van der Waals surface area contributed by atoms with Crippen molar-refractivity contribution >= 4 is 23.2 Å². The Morgan fingerprint density at radius 2 is 2.21 bits per heavy atom. The van der Waals surface area contributed by atoms with E-state index in [9.17, 15) is 9.59 Å². The molecule has 0 aliphatic carbocycles. The summed E-state index contributed by atoms with van der Waals surface area (Å²) < 4.78 is 0. The molecule has 0 fully saturated rings. The van der Waals surface area contributed by atoms with E-state index in [1.807, 2.05) is 5.38 Å². The molecule has 2 heterocycles. The van der Waals surface area contributed by atoms with Gasteiger partial charge in [-0.2, -0.15) is 0 Å². The van der Waals surface area contributed by atoms with Crippen molar-refractivity contribution in [2.75, 3.05) is 0 Å². The van der Waals surface area contributed by atoms with Crippen molar-refractivity contribution < 1.29 is 14.7 Å². The average Bonchev–Trinajstić information content (AvgIpc) is 2.94. The molecule has 0 aliphatic rings. The fourth-order valence-corrected chi connectivity index (χ4v) is 2.45. The average molecular weight is 279 g/mol. The topological polar surface area (TPSA) is 95.1 Å². The molecule has 0 spiro atoms. The number of aromatic carboxylic acids is 1. The van der Waals surface area contributed by atoms with Crippen LogP contribution in [0.25, 0.3) is 0 Å². The summed E-state index contributed by atoms with van der Waals surface area (Å²) in [5.41, 5.74) is 1.43. The van der Waals surface area contributed by atoms with Crippen molar-refractivity contribution in [3.63, 3.8) is 0 Å². The molecule has 0 atom stereocenters. The zero-order chi connectivity index (χ0) is 14.0. The Labute approximate surface area is 113 Å². The molecule has 7 heteroatoms. The number of amides is 1. The minimum absolute atomic E-state index is 0.0527. The van der Waals surface area contributed by atoms with Gasteiger partial charge in [0, 0.05) is 17.3 Å². The minimum Gasteiger partial charge on any atom is -0.477 e. The highest BCUT2D eigenvalue weighted by Crippen LogP contribution is 2.18. The summed E-state index contributed by atoms with van der Waals surface area (Å²) in [6, 6.07) is 0. The number of carboxylic acids is 1. The van der Waals surface area contributed by atoms with Crippen molar-refractivity contribution in [3.8, 4) is 0 Å². The van der Waals surface area contributed by atoms with Crippen LogP contribution in [0.2, 0.25) is 0 Å². The molecule has 6 nitrogen and oxygen atoms in total. The molecular weight excluding hydrogens is 266 g/mol. The number of aromatic nitrogens is 2. The number of nitrogens with zero attached hydrogens (tertiary/aromatic N) is 1. The third-order valence-corrected chi connectivity index (χ3v) is 3.54. The smallest absolute Gasteiger partial charge is 0.352 e. The van der Waals surface area contributed by atoms with E-state index in [1.54, 1.807) is 20.0 Å². The van der Waals surface area contributed by atoms with E-state index in [0.29, 0.717) is 23.4 Å². The molecule has 0 aromatic carbocycles. The lowest BCUT2D eigenvalue weighted by Crippen LogP contribution is -2.23. The van der Waals surface area contributed by atoms with Gasteiger partial charge in [-0.15, -0.1) is 11.3 Å². The van der Waals surface area contributed by atoms with Gasteiger partial charge in [0.1, 0.15) is 10.7 Å². The Morgan fingerprint density at radius 1 is 1.47 bits per heavy atom. The van der Waals surface area contributed by atoms with Gasteiger partial charge in [0.2, 0.25) is 0 Å². The molecule has 100 valence electrons. The fourth-order valence-electron chi connectivity index (χ4n) is 1.89. The summed E-state index contributed by atoms with van der Waals surface area (Å²) >= 11 is 1.45. The van der Waals surface area contributed by atoms with Crippen LogP contribution in [0.4, 0.5) is 0 Å². The number of hydrogen-bond donors (Lipinski definition) is 3. The molecule has 2 aromatic heterocycles. The molecule has 0 bridgehead atoms. The summed E-state index contributed by atoms with van der Waals surface area (Å²) in [5.74, 6) is -1.37. The van der Waals surface area contributed by atoms with Crippen LogP contribution >= 0.6 is 11.3 Å². The number of aryl methyl sites for hydroxylation is 1. The van der Waals surface area contributed by atoms with Crippen molar-refractivity contribution in [1.29, 1.82) is 0 Å². The predicted molar refractivity (Wildman–Crippen MR) is 70.5 cm³/mol. The Bertz CT molecular complexity index is 616. The molecule has 19 heavy (non-hydrogen) atoms. The van der Waals surface area contributed by atoms with Crippen molar-refractivity contribution in [3.05, 3.63) is 39.1 Å². The van der Waals surface area contributed by atoms with Crippen LogP contribution in [0.1, 0.15) is 37.1 Å². The molecule has 0 saturated heterocycles. The first-order chi connectivity index (χ1) is 9.00. The standard InChI is InChI=1S/C12H13N3O3S/c1-6-9(7(2)15-10(6)12(17)18)11(16)14-5-8-13-3-4-19-8/h3-4,15H,5H2,1-2H3,(H,14,16)(H,17,18). The lowest BCUT2D eigenvalue weighted by atomic mass is 10.1. The Hall–Kier alpha value is -2.15. The van der Waals surface area contributed by atoms with E-state index in [4.69, 9.17) is 5.11 Å². The maximum Gasteiger partial charge on any atom is 0.352 e. The third kappa shape index (κ3) is 2.65. The summed E-state index contributed by atoms with van der Waals surface area (Å²) in [4.78, 5) is 29.8. The minimum atomic E-state index is -1.07. The van der Waals surface area contributed by atoms with Crippen LogP contribution in [0.15, 0.2) is 11.6 Å². The largest absolute Gasteiger partial charge is 0.477 e. The van der Waals surface area contributed by atoms with Gasteiger partial charge in [-0.1, -0.05) is 0 Å². The number of carbonyl (C=O) groups is 2. The summed E-state index contributed by atoms with van der Waals surface area (Å²) in [6.45, 7) is 3.63. The van der Waals surface area contributed by atoms with Crippen molar-refractivity contribution in [2.45, 2.75) is 20.4 Å². The third-order valence-electron chi connectivity index (χ3n) is 2.76. The molecule has 2 aromatic rings. The quantitative estimate of drug-likeness (QED) is 0.794. The maximum absolute atomic E-state index is 12.1. The second kappa shape index (κ2) is 5.23. The van der Waals surface area contributed by atoms with Crippen LogP contribution in [0.3, 0.4) is 0 Å². The number of aromatic amines is 1. The van der Waals surface area contributed by atoms with Crippen LogP contribution in [0, 0.1) is 13.8 Å². The highest BCUT2D eigenvalue weighted by Gasteiger charge is 2.21. The first-order valence-electron chi connectivity index (χ1n) is 5.59. The summed E-state index contributed by atoms with van der Waals surface area (Å²) in [7, 11) is 0. The van der Waals surface area contributed by atoms with E-state index in [2.05, 4.69) is 15.3 Å². The van der Waals surface area contributed by atoms with Gasteiger partial charge in [-0.3, -0.25) is 4.79 Å². The van der Waals surface area contributed by atoms with Crippen LogP contribution in [-0.2, 0) is 6.54 Å². The van der Waals surface area contributed by atoms with E-state index < -0.39 is 5.97 Å². The highest BCUT2D eigenvalue weighted by atomic mass is 32.1. The number of hydrogen-bond acceptors (Lipinski definition) is 4. The molecule has 2 rings (SSSR count). The maximum atomic E-state index is 12.1. The Morgan fingerprint density at radius 3 is 2.74 bits per heavy atom. The molecule has 3 N–H and O–H groups in total. The number of rotatable bonds is 4. The van der Waals surface area contributed by atoms with E-state index in [0.717, 1.165) is 5.01 Å². The molecule has 1 amide bonds. The number of nitrogens with one attached hydrogen (secondary N) is 2. The molecule has 0 saturated carbocycles. The van der Waals surface area contributed by atoms with E-state index in [1.165, 1.54) is 11.3 Å². The zero-order valence-electron chi connectivity index (χ0n) is 10.5. The van der Waals surface area contributed by atoms with Gasteiger partial charge in [0.15, 0.2) is 0 Å². The first-order valence-corrected chi connectivity index (χ1v) is 6.47. The monoisotopic (exact) mass is 279 g/mol. The van der Waals surface area contributed by atoms with Crippen molar-refractivity contribution in [2.24, 2.45) is 0 Å². The Balaban J connectivity index is 2.17. The highest BCUT2D eigenvalue weighted by molar-refractivity contribution is 7.09. The molecule has 0 radical (unpaired) electrons. The Kier molecular flexibility index (Phi) is 3.66. The molecular formula is C12H13N3O3S. The number of thiazole rings is 1. The van der Waals surface area contributed by atoms with Gasteiger partial charge in [-0.05, 0) is 19.4 Å². The van der Waals surface area contributed by atoms with E-state index >= 15 is 0 Å². The van der Waals surface area contributed by atoms with Crippen LogP contribution in [-0.4, -0.2) is 27.0 Å². The molecule has 0 unspecified atom stereocenters. The van der Waals surface area contributed by atoms with Gasteiger partial charge >= 0.3 is 5.97 Å². The predicted octanol–water partition coefficient (Wildman–Crippen LogP) is 1.72. The second-order valence-corrected chi connectivity index (χ2v) is 5.02. The summed E-state index contributed by atoms with van der Waals surface area (Å²) in [5, 5.41) is 14.4. The van der Waals surface area contributed by atoms with E-state index in [-0.39, 0.29) is 11.6 Å². The van der Waals surface area contributed by atoms with Crippen LogP contribution in [0.5, 0.6) is 0 Å².